The first-order valence-corrected chi connectivity index (χ1v) is 6.62. The van der Waals surface area contributed by atoms with Gasteiger partial charge in [-0.05, 0) is 23.4 Å². The van der Waals surface area contributed by atoms with Crippen LogP contribution in [0.3, 0.4) is 0 Å². The van der Waals surface area contributed by atoms with Gasteiger partial charge in [0.1, 0.15) is 5.82 Å². The monoisotopic (exact) mass is 322 g/mol. The second-order valence-electron chi connectivity index (χ2n) is 4.81. The van der Waals surface area contributed by atoms with Crippen molar-refractivity contribution in [3.05, 3.63) is 65.5 Å². The molecule has 0 amide bonds. The van der Waals surface area contributed by atoms with Gasteiger partial charge in [-0.15, -0.1) is 10.2 Å². The Hall–Kier alpha value is -2.77. The molecule has 1 heterocycles. The van der Waals surface area contributed by atoms with Gasteiger partial charge in [0.15, 0.2) is 0 Å². The first-order chi connectivity index (χ1) is 10.9. The zero-order chi connectivity index (χ0) is 16.4. The first kappa shape index (κ1) is 15.1. The number of alkyl halides is 3. The van der Waals surface area contributed by atoms with Gasteiger partial charge in [0.25, 0.3) is 0 Å². The molecule has 118 valence electrons. The van der Waals surface area contributed by atoms with Crippen LogP contribution in [0.1, 0.15) is 11.1 Å². The van der Waals surface area contributed by atoms with Gasteiger partial charge in [-0.3, -0.25) is 0 Å². The van der Waals surface area contributed by atoms with Crippen LogP contribution in [0, 0.1) is 5.82 Å². The highest BCUT2D eigenvalue weighted by molar-refractivity contribution is 5.55. The van der Waals surface area contributed by atoms with Crippen LogP contribution in [0.25, 0.3) is 11.4 Å². The van der Waals surface area contributed by atoms with Crippen molar-refractivity contribution in [3.8, 4) is 11.4 Å². The van der Waals surface area contributed by atoms with Crippen LogP contribution in [0.4, 0.5) is 17.6 Å². The third-order valence-electron chi connectivity index (χ3n) is 3.17. The van der Waals surface area contributed by atoms with Crippen molar-refractivity contribution in [2.75, 3.05) is 0 Å². The van der Waals surface area contributed by atoms with E-state index in [0.29, 0.717) is 5.56 Å². The van der Waals surface area contributed by atoms with Crippen LogP contribution >= 0.6 is 0 Å². The fraction of sp³-hybridized carbons (Fsp3) is 0.133. The van der Waals surface area contributed by atoms with Gasteiger partial charge >= 0.3 is 6.18 Å². The van der Waals surface area contributed by atoms with Gasteiger partial charge < -0.3 is 0 Å². The van der Waals surface area contributed by atoms with Gasteiger partial charge in [-0.2, -0.15) is 18.0 Å². The molecule has 0 fully saturated rings. The molecule has 3 aromatic rings. The fourth-order valence-corrected chi connectivity index (χ4v) is 2.04. The summed E-state index contributed by atoms with van der Waals surface area (Å²) in [6.45, 7) is 0.0403. The second-order valence-corrected chi connectivity index (χ2v) is 4.81. The molecule has 0 N–H and O–H groups in total. The Morgan fingerprint density at radius 3 is 2.52 bits per heavy atom. The molecular weight excluding hydrogens is 312 g/mol. The Bertz CT molecular complexity index is 826. The Balaban J connectivity index is 1.86. The quantitative estimate of drug-likeness (QED) is 0.693. The molecule has 0 unspecified atom stereocenters. The Kier molecular flexibility index (Phi) is 3.81. The molecule has 2 aromatic carbocycles. The van der Waals surface area contributed by atoms with Crippen molar-refractivity contribution in [2.24, 2.45) is 0 Å². The maximum atomic E-state index is 13.6. The average Bonchev–Trinajstić information content (AvgIpc) is 2.98. The summed E-state index contributed by atoms with van der Waals surface area (Å²) >= 11 is 0. The van der Waals surface area contributed by atoms with Crippen molar-refractivity contribution in [1.29, 1.82) is 0 Å². The summed E-state index contributed by atoms with van der Waals surface area (Å²) in [5.41, 5.74) is -0.236. The minimum atomic E-state index is -4.45. The number of benzene rings is 2. The van der Waals surface area contributed by atoms with E-state index >= 15 is 0 Å². The zero-order valence-electron chi connectivity index (χ0n) is 11.6. The number of halogens is 4. The molecular formula is C15H10F4N4. The highest BCUT2D eigenvalue weighted by atomic mass is 19.4. The normalized spacial score (nSPS) is 11.7. The van der Waals surface area contributed by atoms with E-state index in [0.717, 1.165) is 16.9 Å². The summed E-state index contributed by atoms with van der Waals surface area (Å²) in [5, 5.41) is 11.5. The predicted octanol–water partition coefficient (Wildman–Crippen LogP) is 3.55. The topological polar surface area (TPSA) is 43.6 Å². The van der Waals surface area contributed by atoms with Crippen LogP contribution in [-0.4, -0.2) is 20.2 Å². The lowest BCUT2D eigenvalue weighted by Gasteiger charge is -2.06. The van der Waals surface area contributed by atoms with Crippen molar-refractivity contribution in [2.45, 2.75) is 12.7 Å². The van der Waals surface area contributed by atoms with E-state index in [1.165, 1.54) is 18.2 Å². The summed E-state index contributed by atoms with van der Waals surface area (Å²) < 4.78 is 51.7. The lowest BCUT2D eigenvalue weighted by atomic mass is 10.1. The van der Waals surface area contributed by atoms with E-state index in [4.69, 9.17) is 0 Å². The van der Waals surface area contributed by atoms with Crippen LogP contribution in [0.5, 0.6) is 0 Å². The third-order valence-corrected chi connectivity index (χ3v) is 3.17. The van der Waals surface area contributed by atoms with Crippen LogP contribution in [0.2, 0.25) is 0 Å². The smallest absolute Gasteiger partial charge is 0.207 e. The summed E-state index contributed by atoms with van der Waals surface area (Å²) in [5.74, 6) is -0.363. The molecule has 0 saturated carbocycles. The molecule has 0 aliphatic heterocycles. The molecule has 0 saturated heterocycles. The zero-order valence-corrected chi connectivity index (χ0v) is 11.6. The first-order valence-electron chi connectivity index (χ1n) is 6.62. The number of tetrazole rings is 1. The Morgan fingerprint density at radius 2 is 1.78 bits per heavy atom. The van der Waals surface area contributed by atoms with Gasteiger partial charge in [0, 0.05) is 11.1 Å². The molecule has 1 aromatic heterocycles. The molecule has 0 bridgehead atoms. The summed E-state index contributed by atoms with van der Waals surface area (Å²) in [6, 6.07) is 10.8. The van der Waals surface area contributed by atoms with E-state index in [1.54, 1.807) is 18.2 Å². The Morgan fingerprint density at radius 1 is 1.00 bits per heavy atom. The minimum Gasteiger partial charge on any atom is -0.207 e. The van der Waals surface area contributed by atoms with E-state index in [2.05, 4.69) is 15.4 Å². The lowest BCUT2D eigenvalue weighted by molar-refractivity contribution is -0.137. The number of hydrogen-bond acceptors (Lipinski definition) is 3. The van der Waals surface area contributed by atoms with Crippen LogP contribution < -0.4 is 0 Å². The molecule has 23 heavy (non-hydrogen) atoms. The van der Waals surface area contributed by atoms with Gasteiger partial charge in [-0.25, -0.2) is 4.39 Å². The van der Waals surface area contributed by atoms with Crippen LogP contribution in [-0.2, 0) is 12.7 Å². The van der Waals surface area contributed by atoms with E-state index in [-0.39, 0.29) is 17.9 Å². The summed E-state index contributed by atoms with van der Waals surface area (Å²) in [6.07, 6.45) is -4.45. The maximum Gasteiger partial charge on any atom is 0.416 e. The summed E-state index contributed by atoms with van der Waals surface area (Å²) in [7, 11) is 0. The largest absolute Gasteiger partial charge is 0.416 e. The molecule has 8 heteroatoms. The van der Waals surface area contributed by atoms with Crippen molar-refractivity contribution < 1.29 is 17.6 Å². The second kappa shape index (κ2) is 5.79. The molecule has 0 aliphatic carbocycles. The van der Waals surface area contributed by atoms with Crippen molar-refractivity contribution in [3.63, 3.8) is 0 Å². The minimum absolute atomic E-state index is 0.0403. The fourth-order valence-electron chi connectivity index (χ4n) is 2.04. The summed E-state index contributed by atoms with van der Waals surface area (Å²) in [4.78, 5) is 1.13. The number of rotatable bonds is 3. The molecule has 3 rings (SSSR count). The van der Waals surface area contributed by atoms with Gasteiger partial charge in [-0.1, -0.05) is 30.3 Å². The maximum absolute atomic E-state index is 13.6. The molecule has 4 nitrogen and oxygen atoms in total. The number of hydrogen-bond donors (Lipinski definition) is 0. The SMILES string of the molecule is Fc1ccccc1Cn1nnc(-c2cccc(C(F)(F)F)c2)n1. The van der Waals surface area contributed by atoms with Crippen molar-refractivity contribution >= 4 is 0 Å². The highest BCUT2D eigenvalue weighted by Crippen LogP contribution is 2.31. The Labute approximate surface area is 128 Å². The number of aromatic nitrogens is 4. The van der Waals surface area contributed by atoms with E-state index in [9.17, 15) is 17.6 Å². The van der Waals surface area contributed by atoms with Crippen molar-refractivity contribution in [1.82, 2.24) is 20.2 Å². The van der Waals surface area contributed by atoms with E-state index < -0.39 is 17.6 Å². The van der Waals surface area contributed by atoms with Gasteiger partial charge in [0.05, 0.1) is 12.1 Å². The van der Waals surface area contributed by atoms with Crippen LogP contribution in [0.15, 0.2) is 48.5 Å². The van der Waals surface area contributed by atoms with Gasteiger partial charge in [0.2, 0.25) is 5.82 Å². The molecule has 0 atom stereocenters. The molecule has 0 spiro atoms. The highest BCUT2D eigenvalue weighted by Gasteiger charge is 2.30. The molecule has 0 radical (unpaired) electrons. The molecule has 0 aliphatic rings. The standard InChI is InChI=1S/C15H10F4N4/c16-13-7-2-1-4-11(13)9-23-21-14(20-22-23)10-5-3-6-12(8-10)15(17,18)19/h1-8H,9H2. The van der Waals surface area contributed by atoms with E-state index in [1.807, 2.05) is 0 Å². The number of nitrogens with zero attached hydrogens (tertiary/aromatic N) is 4. The predicted molar refractivity (Wildman–Crippen MR) is 73.8 cm³/mol. The third kappa shape index (κ3) is 3.36. The average molecular weight is 322 g/mol. The lowest BCUT2D eigenvalue weighted by Crippen LogP contribution is -2.06.